The number of piperazine rings is 1. The Balaban J connectivity index is 1.99. The zero-order valence-corrected chi connectivity index (χ0v) is 11.6. The molecule has 3 heteroatoms. The van der Waals surface area contributed by atoms with Crippen molar-refractivity contribution in [1.82, 2.24) is 10.2 Å². The van der Waals surface area contributed by atoms with Crippen LogP contribution in [0.3, 0.4) is 0 Å². The third kappa shape index (κ3) is 2.84. The quantitative estimate of drug-likeness (QED) is 0.852. The highest BCUT2D eigenvalue weighted by Crippen LogP contribution is 2.23. The third-order valence-corrected chi connectivity index (χ3v) is 4.38. The van der Waals surface area contributed by atoms with E-state index < -0.39 is 0 Å². The number of nitrogens with one attached hydrogen (secondary N) is 1. The maximum absolute atomic E-state index is 3.55. The third-order valence-electron chi connectivity index (χ3n) is 3.25. The minimum Gasteiger partial charge on any atom is -0.309 e. The van der Waals surface area contributed by atoms with Gasteiger partial charge in [-0.25, -0.2) is 0 Å². The molecular weight excluding hydrogens is 216 g/mol. The molecule has 0 atom stereocenters. The number of aryl methyl sites for hydroxylation is 2. The molecule has 0 bridgehead atoms. The molecular formula is C13H22N2S. The molecule has 1 N–H and O–H groups in total. The Bertz CT molecular complexity index is 349. The highest BCUT2D eigenvalue weighted by atomic mass is 32.1. The number of thiophene rings is 1. The molecule has 0 amide bonds. The average molecular weight is 238 g/mol. The topological polar surface area (TPSA) is 15.3 Å². The first-order valence-corrected chi connectivity index (χ1v) is 6.81. The molecule has 1 fully saturated rings. The standard InChI is InChI=1S/C13H22N2S/c1-10-7-12(16-11(10)2)8-15-6-5-14-13(3,4)9-15/h7,14H,5-6,8-9H2,1-4H3. The summed E-state index contributed by atoms with van der Waals surface area (Å²) in [5.41, 5.74) is 1.70. The summed E-state index contributed by atoms with van der Waals surface area (Å²) in [5, 5.41) is 3.55. The van der Waals surface area contributed by atoms with E-state index >= 15 is 0 Å². The van der Waals surface area contributed by atoms with Gasteiger partial charge in [0.1, 0.15) is 0 Å². The monoisotopic (exact) mass is 238 g/mol. The Hall–Kier alpha value is -0.380. The Labute approximate surface area is 103 Å². The normalized spacial score (nSPS) is 21.2. The molecule has 2 heterocycles. The van der Waals surface area contributed by atoms with E-state index in [9.17, 15) is 0 Å². The SMILES string of the molecule is Cc1cc(CN2CCNC(C)(C)C2)sc1C. The van der Waals surface area contributed by atoms with E-state index in [0.29, 0.717) is 0 Å². The van der Waals surface area contributed by atoms with Crippen molar-refractivity contribution in [2.45, 2.75) is 39.8 Å². The Morgan fingerprint density at radius 3 is 2.75 bits per heavy atom. The van der Waals surface area contributed by atoms with E-state index in [0.717, 1.165) is 19.6 Å². The molecule has 1 aromatic rings. The predicted molar refractivity (Wildman–Crippen MR) is 71.2 cm³/mol. The minimum atomic E-state index is 0.263. The molecule has 0 radical (unpaired) electrons. The van der Waals surface area contributed by atoms with Crippen LogP contribution < -0.4 is 5.32 Å². The van der Waals surface area contributed by atoms with Gasteiger partial charge in [-0.05, 0) is 39.3 Å². The molecule has 0 spiro atoms. The first-order chi connectivity index (χ1) is 7.46. The summed E-state index contributed by atoms with van der Waals surface area (Å²) in [4.78, 5) is 5.53. The lowest BCUT2D eigenvalue weighted by Gasteiger charge is -2.38. The fourth-order valence-electron chi connectivity index (χ4n) is 2.33. The summed E-state index contributed by atoms with van der Waals surface area (Å²) in [7, 11) is 0. The van der Waals surface area contributed by atoms with Crippen LogP contribution in [-0.4, -0.2) is 30.1 Å². The maximum Gasteiger partial charge on any atom is 0.0329 e. The van der Waals surface area contributed by atoms with Crippen LogP contribution in [0.4, 0.5) is 0 Å². The summed E-state index contributed by atoms with van der Waals surface area (Å²) in [6, 6.07) is 2.34. The number of rotatable bonds is 2. The lowest BCUT2D eigenvalue weighted by atomic mass is 10.0. The van der Waals surface area contributed by atoms with Gasteiger partial charge in [-0.15, -0.1) is 11.3 Å². The number of hydrogen-bond acceptors (Lipinski definition) is 3. The van der Waals surface area contributed by atoms with Crippen LogP contribution in [0.1, 0.15) is 29.2 Å². The molecule has 0 aliphatic carbocycles. The Morgan fingerprint density at radius 2 is 2.19 bits per heavy atom. The van der Waals surface area contributed by atoms with Crippen LogP contribution >= 0.6 is 11.3 Å². The fraction of sp³-hybridized carbons (Fsp3) is 0.692. The summed E-state index contributed by atoms with van der Waals surface area (Å²) >= 11 is 1.95. The van der Waals surface area contributed by atoms with Gasteiger partial charge in [0.25, 0.3) is 0 Å². The number of nitrogens with zero attached hydrogens (tertiary/aromatic N) is 1. The van der Waals surface area contributed by atoms with Crippen molar-refractivity contribution in [3.63, 3.8) is 0 Å². The van der Waals surface area contributed by atoms with Crippen LogP contribution in [-0.2, 0) is 6.54 Å². The summed E-state index contributed by atoms with van der Waals surface area (Å²) in [6.07, 6.45) is 0. The molecule has 1 aliphatic heterocycles. The zero-order valence-electron chi connectivity index (χ0n) is 10.8. The van der Waals surface area contributed by atoms with Crippen LogP contribution in [0.5, 0.6) is 0 Å². The Kier molecular flexibility index (Phi) is 3.38. The van der Waals surface area contributed by atoms with Crippen molar-refractivity contribution in [2.24, 2.45) is 0 Å². The predicted octanol–water partition coefficient (Wildman–Crippen LogP) is 2.55. The average Bonchev–Trinajstić information content (AvgIpc) is 2.43. The highest BCUT2D eigenvalue weighted by Gasteiger charge is 2.25. The Morgan fingerprint density at radius 1 is 1.44 bits per heavy atom. The van der Waals surface area contributed by atoms with E-state index in [4.69, 9.17) is 0 Å². The zero-order chi connectivity index (χ0) is 11.8. The molecule has 1 aromatic heterocycles. The molecule has 1 saturated heterocycles. The van der Waals surface area contributed by atoms with Crippen molar-refractivity contribution in [2.75, 3.05) is 19.6 Å². The van der Waals surface area contributed by atoms with Gasteiger partial charge in [0.2, 0.25) is 0 Å². The van der Waals surface area contributed by atoms with Gasteiger partial charge in [-0.1, -0.05) is 0 Å². The highest BCUT2D eigenvalue weighted by molar-refractivity contribution is 7.12. The number of hydrogen-bond donors (Lipinski definition) is 1. The second kappa shape index (κ2) is 4.47. The lowest BCUT2D eigenvalue weighted by Crippen LogP contribution is -2.56. The first-order valence-electron chi connectivity index (χ1n) is 5.99. The molecule has 0 saturated carbocycles. The summed E-state index contributed by atoms with van der Waals surface area (Å²) in [5.74, 6) is 0. The van der Waals surface area contributed by atoms with E-state index in [1.165, 1.54) is 21.9 Å². The summed E-state index contributed by atoms with van der Waals surface area (Å²) in [6.45, 7) is 13.5. The lowest BCUT2D eigenvalue weighted by molar-refractivity contribution is 0.149. The van der Waals surface area contributed by atoms with Crippen LogP contribution in [0.15, 0.2) is 6.07 Å². The first kappa shape index (κ1) is 12.1. The summed E-state index contributed by atoms with van der Waals surface area (Å²) < 4.78 is 0. The van der Waals surface area contributed by atoms with Crippen LogP contribution in [0.25, 0.3) is 0 Å². The molecule has 2 nitrogen and oxygen atoms in total. The molecule has 1 aliphatic rings. The van der Waals surface area contributed by atoms with Gasteiger partial charge < -0.3 is 5.32 Å². The molecule has 16 heavy (non-hydrogen) atoms. The fourth-order valence-corrected chi connectivity index (χ4v) is 3.43. The van der Waals surface area contributed by atoms with Gasteiger partial charge in [-0.2, -0.15) is 0 Å². The van der Waals surface area contributed by atoms with Gasteiger partial charge in [0.15, 0.2) is 0 Å². The smallest absolute Gasteiger partial charge is 0.0329 e. The van der Waals surface area contributed by atoms with Gasteiger partial charge in [0, 0.05) is 41.5 Å². The molecule has 0 aromatic carbocycles. The molecule has 0 unspecified atom stereocenters. The van der Waals surface area contributed by atoms with Gasteiger partial charge in [-0.3, -0.25) is 4.90 Å². The van der Waals surface area contributed by atoms with Crippen molar-refractivity contribution < 1.29 is 0 Å². The van der Waals surface area contributed by atoms with E-state index in [2.05, 4.69) is 44.0 Å². The van der Waals surface area contributed by atoms with Crippen molar-refractivity contribution in [1.29, 1.82) is 0 Å². The second-order valence-electron chi connectivity index (χ2n) is 5.47. The van der Waals surface area contributed by atoms with E-state index in [-0.39, 0.29) is 5.54 Å². The van der Waals surface area contributed by atoms with E-state index in [1.807, 2.05) is 11.3 Å². The van der Waals surface area contributed by atoms with Gasteiger partial charge >= 0.3 is 0 Å². The van der Waals surface area contributed by atoms with Crippen molar-refractivity contribution in [3.8, 4) is 0 Å². The van der Waals surface area contributed by atoms with Crippen molar-refractivity contribution in [3.05, 3.63) is 21.4 Å². The van der Waals surface area contributed by atoms with Crippen LogP contribution in [0, 0.1) is 13.8 Å². The van der Waals surface area contributed by atoms with Crippen LogP contribution in [0.2, 0.25) is 0 Å². The second-order valence-corrected chi connectivity index (χ2v) is 6.81. The van der Waals surface area contributed by atoms with Gasteiger partial charge in [0.05, 0.1) is 0 Å². The molecule has 2 rings (SSSR count). The largest absolute Gasteiger partial charge is 0.309 e. The van der Waals surface area contributed by atoms with E-state index in [1.54, 1.807) is 0 Å². The minimum absolute atomic E-state index is 0.263. The maximum atomic E-state index is 3.55. The molecule has 90 valence electrons. The van der Waals surface area contributed by atoms with Crippen molar-refractivity contribution >= 4 is 11.3 Å².